The van der Waals surface area contributed by atoms with Crippen LogP contribution in [0.5, 0.6) is 0 Å². The summed E-state index contributed by atoms with van der Waals surface area (Å²) in [5.74, 6) is 0. The number of anilines is 1. The first-order valence-corrected chi connectivity index (χ1v) is 2.71. The summed E-state index contributed by atoms with van der Waals surface area (Å²) in [4.78, 5) is 14.2. The molecule has 0 saturated carbocycles. The highest BCUT2D eigenvalue weighted by Gasteiger charge is 1.99. The minimum Gasteiger partial charge on any atom is -0.432 e. The van der Waals surface area contributed by atoms with Crippen LogP contribution in [-0.4, -0.2) is 18.1 Å². The standard InChI is InChI=1S/C5H7N3O2/c1-6-4(9)8-5-7-2-3-10-5/h2-3H,1H3,(H2,6,7,8,9). The van der Waals surface area contributed by atoms with Gasteiger partial charge in [-0.25, -0.2) is 9.78 Å². The maximum absolute atomic E-state index is 10.6. The fourth-order valence-corrected chi connectivity index (χ4v) is 0.445. The Morgan fingerprint density at radius 3 is 3.10 bits per heavy atom. The van der Waals surface area contributed by atoms with Gasteiger partial charge in [0.1, 0.15) is 6.26 Å². The van der Waals surface area contributed by atoms with E-state index in [0.29, 0.717) is 0 Å². The van der Waals surface area contributed by atoms with Crippen LogP contribution in [-0.2, 0) is 0 Å². The van der Waals surface area contributed by atoms with Gasteiger partial charge in [0.25, 0.3) is 0 Å². The van der Waals surface area contributed by atoms with Gasteiger partial charge in [-0.15, -0.1) is 0 Å². The van der Waals surface area contributed by atoms with Gasteiger partial charge in [-0.2, -0.15) is 0 Å². The number of amides is 2. The summed E-state index contributed by atoms with van der Waals surface area (Å²) >= 11 is 0. The number of nitrogens with zero attached hydrogens (tertiary/aromatic N) is 1. The molecule has 2 amide bonds. The summed E-state index contributed by atoms with van der Waals surface area (Å²) in [6.45, 7) is 0. The number of carbonyl (C=O) groups excluding carboxylic acids is 1. The Labute approximate surface area is 57.4 Å². The molecule has 5 heteroatoms. The molecule has 0 saturated heterocycles. The molecule has 0 bridgehead atoms. The van der Waals surface area contributed by atoms with Crippen molar-refractivity contribution in [2.24, 2.45) is 0 Å². The summed E-state index contributed by atoms with van der Waals surface area (Å²) < 4.78 is 4.72. The Morgan fingerprint density at radius 2 is 2.60 bits per heavy atom. The third kappa shape index (κ3) is 1.48. The van der Waals surface area contributed by atoms with Crippen LogP contribution in [0.15, 0.2) is 16.9 Å². The lowest BCUT2D eigenvalue weighted by atomic mass is 10.9. The van der Waals surface area contributed by atoms with Gasteiger partial charge in [-0.3, -0.25) is 5.32 Å². The zero-order chi connectivity index (χ0) is 7.40. The van der Waals surface area contributed by atoms with Gasteiger partial charge in [0, 0.05) is 7.05 Å². The van der Waals surface area contributed by atoms with Crippen molar-refractivity contribution < 1.29 is 9.21 Å². The summed E-state index contributed by atoms with van der Waals surface area (Å²) in [5.41, 5.74) is 0. The maximum Gasteiger partial charge on any atom is 0.322 e. The molecule has 1 aromatic rings. The normalized spacial score (nSPS) is 8.90. The van der Waals surface area contributed by atoms with Gasteiger partial charge < -0.3 is 9.73 Å². The van der Waals surface area contributed by atoms with E-state index in [0.717, 1.165) is 0 Å². The monoisotopic (exact) mass is 141 g/mol. The summed E-state index contributed by atoms with van der Waals surface area (Å²) in [6.07, 6.45) is 2.83. The number of hydrogen-bond acceptors (Lipinski definition) is 3. The number of rotatable bonds is 1. The lowest BCUT2D eigenvalue weighted by Crippen LogP contribution is -2.24. The molecule has 0 radical (unpaired) electrons. The van der Waals surface area contributed by atoms with Crippen molar-refractivity contribution in [3.8, 4) is 0 Å². The van der Waals surface area contributed by atoms with Crippen LogP contribution in [0.2, 0.25) is 0 Å². The fraction of sp³-hybridized carbons (Fsp3) is 0.200. The first-order chi connectivity index (χ1) is 4.83. The van der Waals surface area contributed by atoms with Crippen molar-refractivity contribution in [1.29, 1.82) is 0 Å². The molecule has 0 aliphatic rings. The molecule has 0 aromatic carbocycles. The number of oxazole rings is 1. The first-order valence-electron chi connectivity index (χ1n) is 2.71. The zero-order valence-electron chi connectivity index (χ0n) is 5.42. The van der Waals surface area contributed by atoms with E-state index in [4.69, 9.17) is 4.42 Å². The van der Waals surface area contributed by atoms with E-state index in [1.165, 1.54) is 19.5 Å². The number of aromatic nitrogens is 1. The van der Waals surface area contributed by atoms with Crippen LogP contribution in [0.4, 0.5) is 10.8 Å². The van der Waals surface area contributed by atoms with Crippen molar-refractivity contribution in [3.05, 3.63) is 12.5 Å². The Morgan fingerprint density at radius 1 is 1.80 bits per heavy atom. The fourth-order valence-electron chi connectivity index (χ4n) is 0.445. The predicted molar refractivity (Wildman–Crippen MR) is 34.6 cm³/mol. The molecule has 5 nitrogen and oxygen atoms in total. The maximum atomic E-state index is 10.6. The van der Waals surface area contributed by atoms with E-state index in [1.54, 1.807) is 0 Å². The molecule has 0 fully saturated rings. The molecule has 10 heavy (non-hydrogen) atoms. The van der Waals surface area contributed by atoms with Crippen LogP contribution in [0.1, 0.15) is 0 Å². The minimum absolute atomic E-state index is 0.194. The number of hydrogen-bond donors (Lipinski definition) is 2. The molecular formula is C5H7N3O2. The van der Waals surface area contributed by atoms with Crippen LogP contribution in [0, 0.1) is 0 Å². The van der Waals surface area contributed by atoms with Gasteiger partial charge in [0.05, 0.1) is 6.20 Å². The van der Waals surface area contributed by atoms with Crippen molar-refractivity contribution in [3.63, 3.8) is 0 Å². The molecular weight excluding hydrogens is 134 g/mol. The Hall–Kier alpha value is -1.52. The molecule has 1 rings (SSSR count). The molecule has 0 unspecified atom stereocenters. The first kappa shape index (κ1) is 6.60. The quantitative estimate of drug-likeness (QED) is 0.595. The van der Waals surface area contributed by atoms with Crippen molar-refractivity contribution in [2.45, 2.75) is 0 Å². The Balaban J connectivity index is 2.48. The topological polar surface area (TPSA) is 67.2 Å². The number of urea groups is 1. The van der Waals surface area contributed by atoms with E-state index in [-0.39, 0.29) is 12.0 Å². The molecule has 0 spiro atoms. The van der Waals surface area contributed by atoms with Gasteiger partial charge in [0.15, 0.2) is 0 Å². The second-order valence-electron chi connectivity index (χ2n) is 1.54. The average Bonchev–Trinajstić information content (AvgIpc) is 2.40. The Bertz CT molecular complexity index is 207. The van der Waals surface area contributed by atoms with Crippen molar-refractivity contribution >= 4 is 12.0 Å². The highest BCUT2D eigenvalue weighted by atomic mass is 16.4. The molecule has 0 atom stereocenters. The highest BCUT2D eigenvalue weighted by molar-refractivity contribution is 5.86. The van der Waals surface area contributed by atoms with Crippen molar-refractivity contribution in [1.82, 2.24) is 10.3 Å². The van der Waals surface area contributed by atoms with E-state index in [9.17, 15) is 4.79 Å². The Kier molecular flexibility index (Phi) is 1.89. The molecule has 2 N–H and O–H groups in total. The SMILES string of the molecule is CNC(=O)Nc1ncco1. The van der Waals surface area contributed by atoms with E-state index in [1.807, 2.05) is 0 Å². The predicted octanol–water partition coefficient (Wildman–Crippen LogP) is 0.426. The molecule has 0 aliphatic heterocycles. The van der Waals surface area contributed by atoms with E-state index in [2.05, 4.69) is 15.6 Å². The van der Waals surface area contributed by atoms with Gasteiger partial charge in [-0.1, -0.05) is 0 Å². The van der Waals surface area contributed by atoms with Crippen molar-refractivity contribution in [2.75, 3.05) is 12.4 Å². The molecule has 1 heterocycles. The third-order valence-corrected chi connectivity index (χ3v) is 0.880. The van der Waals surface area contributed by atoms with Gasteiger partial charge in [-0.05, 0) is 0 Å². The van der Waals surface area contributed by atoms with Crippen LogP contribution >= 0.6 is 0 Å². The molecule has 0 aliphatic carbocycles. The van der Waals surface area contributed by atoms with E-state index < -0.39 is 0 Å². The zero-order valence-corrected chi connectivity index (χ0v) is 5.42. The second-order valence-corrected chi connectivity index (χ2v) is 1.54. The average molecular weight is 141 g/mol. The van der Waals surface area contributed by atoms with Crippen LogP contribution in [0.25, 0.3) is 0 Å². The highest BCUT2D eigenvalue weighted by Crippen LogP contribution is 1.99. The van der Waals surface area contributed by atoms with Crippen LogP contribution < -0.4 is 10.6 Å². The summed E-state index contributed by atoms with van der Waals surface area (Å²) in [5, 5.41) is 4.70. The number of carbonyl (C=O) groups is 1. The van der Waals surface area contributed by atoms with E-state index >= 15 is 0 Å². The largest absolute Gasteiger partial charge is 0.432 e. The minimum atomic E-state index is -0.345. The van der Waals surface area contributed by atoms with Gasteiger partial charge in [0.2, 0.25) is 0 Å². The smallest absolute Gasteiger partial charge is 0.322 e. The summed E-state index contributed by atoms with van der Waals surface area (Å²) in [7, 11) is 1.51. The van der Waals surface area contributed by atoms with Gasteiger partial charge >= 0.3 is 12.0 Å². The second kappa shape index (κ2) is 2.86. The third-order valence-electron chi connectivity index (χ3n) is 0.880. The molecule has 1 aromatic heterocycles. The lowest BCUT2D eigenvalue weighted by Gasteiger charge is -1.95. The molecule has 54 valence electrons. The lowest BCUT2D eigenvalue weighted by molar-refractivity contribution is 0.253. The summed E-state index contributed by atoms with van der Waals surface area (Å²) in [6, 6.07) is -0.151. The number of nitrogens with one attached hydrogen (secondary N) is 2. The van der Waals surface area contributed by atoms with Crippen LogP contribution in [0.3, 0.4) is 0 Å².